The van der Waals surface area contributed by atoms with Crippen LogP contribution in [0.25, 0.3) is 0 Å². The average Bonchev–Trinajstić information content (AvgIpc) is 2.46. The van der Waals surface area contributed by atoms with Crippen LogP contribution in [-0.2, 0) is 20.0 Å². The van der Waals surface area contributed by atoms with Crippen LogP contribution in [0.2, 0.25) is 0 Å². The number of anilines is 1. The average molecular weight is 371 g/mol. The fraction of sp³-hybridized carbons (Fsp3) is 0.0769. The first kappa shape index (κ1) is 17.8. The van der Waals surface area contributed by atoms with E-state index in [2.05, 4.69) is 4.72 Å². The van der Waals surface area contributed by atoms with Gasteiger partial charge in [0.05, 0.1) is 20.4 Å². The molecule has 0 radical (unpaired) electrons. The van der Waals surface area contributed by atoms with Crippen molar-refractivity contribution in [2.75, 3.05) is 4.72 Å². The second-order valence-corrected chi connectivity index (χ2v) is 8.13. The van der Waals surface area contributed by atoms with Crippen LogP contribution < -0.4 is 9.86 Å². The van der Waals surface area contributed by atoms with Gasteiger partial charge in [-0.2, -0.15) is 0 Å². The zero-order valence-corrected chi connectivity index (χ0v) is 14.0. The molecular formula is C13H13N3O6S2. The van der Waals surface area contributed by atoms with Gasteiger partial charge in [-0.3, -0.25) is 14.8 Å². The van der Waals surface area contributed by atoms with E-state index in [1.807, 2.05) is 0 Å². The minimum absolute atomic E-state index is 0.0373. The Morgan fingerprint density at radius 3 is 2.29 bits per heavy atom. The largest absolute Gasteiger partial charge is 0.280 e. The van der Waals surface area contributed by atoms with E-state index in [4.69, 9.17) is 5.14 Å². The van der Waals surface area contributed by atoms with Gasteiger partial charge >= 0.3 is 0 Å². The van der Waals surface area contributed by atoms with Crippen LogP contribution >= 0.6 is 0 Å². The molecule has 0 heterocycles. The molecule has 0 unspecified atom stereocenters. The molecule has 0 bridgehead atoms. The molecule has 9 nitrogen and oxygen atoms in total. The first-order valence-corrected chi connectivity index (χ1v) is 9.44. The number of nitrogens with zero attached hydrogens (tertiary/aromatic N) is 1. The van der Waals surface area contributed by atoms with Gasteiger partial charge in [-0.15, -0.1) is 0 Å². The van der Waals surface area contributed by atoms with Gasteiger partial charge in [0.2, 0.25) is 10.0 Å². The van der Waals surface area contributed by atoms with Crippen molar-refractivity contribution in [2.45, 2.75) is 16.7 Å². The summed E-state index contributed by atoms with van der Waals surface area (Å²) < 4.78 is 49.4. The Bertz CT molecular complexity index is 1020. The highest BCUT2D eigenvalue weighted by Crippen LogP contribution is 2.24. The maximum absolute atomic E-state index is 12.3. The van der Waals surface area contributed by atoms with Crippen molar-refractivity contribution in [2.24, 2.45) is 5.14 Å². The lowest BCUT2D eigenvalue weighted by Gasteiger charge is -2.09. The quantitative estimate of drug-likeness (QED) is 0.598. The minimum Gasteiger partial charge on any atom is -0.280 e. The van der Waals surface area contributed by atoms with Crippen molar-refractivity contribution in [3.63, 3.8) is 0 Å². The van der Waals surface area contributed by atoms with Gasteiger partial charge in [-0.05, 0) is 31.2 Å². The molecule has 0 saturated heterocycles. The number of rotatable bonds is 5. The normalized spacial score (nSPS) is 11.9. The van der Waals surface area contributed by atoms with E-state index in [0.717, 1.165) is 12.1 Å². The van der Waals surface area contributed by atoms with Gasteiger partial charge in [-0.25, -0.2) is 22.0 Å². The Morgan fingerprint density at radius 1 is 1.04 bits per heavy atom. The van der Waals surface area contributed by atoms with Crippen molar-refractivity contribution < 1.29 is 21.8 Å². The summed E-state index contributed by atoms with van der Waals surface area (Å²) in [5.74, 6) is 0. The summed E-state index contributed by atoms with van der Waals surface area (Å²) in [6, 6.07) is 8.37. The Hall–Kier alpha value is -2.50. The van der Waals surface area contributed by atoms with Crippen LogP contribution in [-0.4, -0.2) is 21.8 Å². The molecule has 2 rings (SSSR count). The molecule has 0 aliphatic heterocycles. The van der Waals surface area contributed by atoms with E-state index in [0.29, 0.717) is 5.56 Å². The molecule has 0 aromatic heterocycles. The Labute approximate surface area is 138 Å². The maximum Gasteiger partial charge on any atom is 0.273 e. The zero-order valence-electron chi connectivity index (χ0n) is 12.3. The predicted octanol–water partition coefficient (Wildman–Crippen LogP) is 1.35. The number of aryl methyl sites for hydroxylation is 1. The second kappa shape index (κ2) is 6.19. The molecule has 2 aromatic carbocycles. The molecule has 24 heavy (non-hydrogen) atoms. The molecule has 0 atom stereocenters. The molecule has 128 valence electrons. The summed E-state index contributed by atoms with van der Waals surface area (Å²) in [4.78, 5) is 9.65. The van der Waals surface area contributed by atoms with E-state index in [9.17, 15) is 26.9 Å². The van der Waals surface area contributed by atoms with Crippen LogP contribution in [0.4, 0.5) is 11.4 Å². The van der Waals surface area contributed by atoms with Crippen LogP contribution in [0.1, 0.15) is 5.56 Å². The van der Waals surface area contributed by atoms with Crippen LogP contribution in [0.15, 0.2) is 52.3 Å². The monoisotopic (exact) mass is 371 g/mol. The number of nitrogens with one attached hydrogen (secondary N) is 1. The molecule has 0 aliphatic rings. The first-order chi connectivity index (χ1) is 11.0. The van der Waals surface area contributed by atoms with E-state index >= 15 is 0 Å². The van der Waals surface area contributed by atoms with Gasteiger partial charge in [0.15, 0.2) is 0 Å². The van der Waals surface area contributed by atoms with Crippen molar-refractivity contribution in [1.29, 1.82) is 0 Å². The van der Waals surface area contributed by atoms with Gasteiger partial charge in [0, 0.05) is 11.6 Å². The van der Waals surface area contributed by atoms with Crippen molar-refractivity contribution in [1.82, 2.24) is 0 Å². The summed E-state index contributed by atoms with van der Waals surface area (Å²) in [7, 11) is -8.13. The van der Waals surface area contributed by atoms with Crippen molar-refractivity contribution in [3.05, 3.63) is 58.1 Å². The third-order valence-electron chi connectivity index (χ3n) is 3.10. The standard InChI is InChI=1S/C13H13N3O6S2/c1-9-5-6-12(8-13(9)16(17)18)24(21,22)15-10-3-2-4-11(7-10)23(14,19)20/h2-8,15H,1H3,(H2,14,19,20). The van der Waals surface area contributed by atoms with Crippen LogP contribution in [0.5, 0.6) is 0 Å². The van der Waals surface area contributed by atoms with E-state index in [1.165, 1.54) is 37.3 Å². The first-order valence-electron chi connectivity index (χ1n) is 6.41. The highest BCUT2D eigenvalue weighted by Gasteiger charge is 2.20. The molecule has 11 heteroatoms. The topological polar surface area (TPSA) is 149 Å². The number of nitro groups is 1. The van der Waals surface area contributed by atoms with Gasteiger partial charge in [-0.1, -0.05) is 12.1 Å². The Balaban J connectivity index is 2.43. The summed E-state index contributed by atoms with van der Waals surface area (Å²) in [6.45, 7) is 1.48. The number of hydrogen-bond acceptors (Lipinski definition) is 6. The molecule has 0 fully saturated rings. The Kier molecular flexibility index (Phi) is 4.60. The number of nitrogens with two attached hydrogens (primary N) is 1. The number of primary sulfonamides is 1. The van der Waals surface area contributed by atoms with Crippen LogP contribution in [0.3, 0.4) is 0 Å². The lowest BCUT2D eigenvalue weighted by atomic mass is 10.2. The van der Waals surface area contributed by atoms with E-state index in [-0.39, 0.29) is 21.2 Å². The van der Waals surface area contributed by atoms with Crippen LogP contribution in [0, 0.1) is 17.0 Å². The molecule has 3 N–H and O–H groups in total. The third-order valence-corrected chi connectivity index (χ3v) is 5.39. The number of benzene rings is 2. The second-order valence-electron chi connectivity index (χ2n) is 4.88. The summed E-state index contributed by atoms with van der Waals surface area (Å²) in [5.41, 5.74) is -0.0592. The third kappa shape index (κ3) is 3.88. The lowest BCUT2D eigenvalue weighted by molar-refractivity contribution is -0.385. The minimum atomic E-state index is -4.14. The molecule has 0 spiro atoms. The van der Waals surface area contributed by atoms with Gasteiger partial charge in [0.1, 0.15) is 0 Å². The summed E-state index contributed by atoms with van der Waals surface area (Å²) in [5, 5.41) is 15.9. The smallest absolute Gasteiger partial charge is 0.273 e. The number of nitro benzene ring substituents is 1. The molecular weight excluding hydrogens is 358 g/mol. The van der Waals surface area contributed by atoms with Crippen molar-refractivity contribution >= 4 is 31.4 Å². The predicted molar refractivity (Wildman–Crippen MR) is 86.5 cm³/mol. The fourth-order valence-electron chi connectivity index (χ4n) is 1.90. The zero-order chi connectivity index (χ0) is 18.1. The number of sulfonamides is 2. The van der Waals surface area contributed by atoms with Gasteiger partial charge in [0.25, 0.3) is 15.7 Å². The molecule has 2 aromatic rings. The highest BCUT2D eigenvalue weighted by atomic mass is 32.2. The molecule has 0 amide bonds. The highest BCUT2D eigenvalue weighted by molar-refractivity contribution is 7.92. The fourth-order valence-corrected chi connectivity index (χ4v) is 3.53. The lowest BCUT2D eigenvalue weighted by Crippen LogP contribution is -2.15. The van der Waals surface area contributed by atoms with E-state index in [1.54, 1.807) is 0 Å². The molecule has 0 saturated carbocycles. The van der Waals surface area contributed by atoms with Gasteiger partial charge < -0.3 is 0 Å². The maximum atomic E-state index is 12.3. The molecule has 0 aliphatic carbocycles. The Morgan fingerprint density at radius 2 is 1.71 bits per heavy atom. The summed E-state index contributed by atoms with van der Waals surface area (Å²) in [6.07, 6.45) is 0. The van der Waals surface area contributed by atoms with E-state index < -0.39 is 25.0 Å². The number of hydrogen-bond donors (Lipinski definition) is 2. The SMILES string of the molecule is Cc1ccc(S(=O)(=O)Nc2cccc(S(N)(=O)=O)c2)cc1[N+](=O)[O-]. The summed E-state index contributed by atoms with van der Waals surface area (Å²) >= 11 is 0. The van der Waals surface area contributed by atoms with Crippen molar-refractivity contribution in [3.8, 4) is 0 Å².